The van der Waals surface area contributed by atoms with Crippen molar-refractivity contribution < 1.29 is 9.53 Å². The van der Waals surface area contributed by atoms with Gasteiger partial charge in [-0.1, -0.05) is 29.5 Å². The van der Waals surface area contributed by atoms with Crippen molar-refractivity contribution in [1.29, 1.82) is 0 Å². The van der Waals surface area contributed by atoms with E-state index in [9.17, 15) is 9.59 Å². The van der Waals surface area contributed by atoms with Crippen LogP contribution in [0.15, 0.2) is 59.4 Å². The lowest BCUT2D eigenvalue weighted by Gasteiger charge is -2.31. The number of rotatable bonds is 5. The number of hydrogen-bond acceptors (Lipinski definition) is 6. The Bertz CT molecular complexity index is 1340. The van der Waals surface area contributed by atoms with Crippen LogP contribution in [-0.2, 0) is 6.61 Å². The molecule has 0 atom stereocenters. The fourth-order valence-electron chi connectivity index (χ4n) is 4.30. The maximum absolute atomic E-state index is 12.9. The third-order valence-corrected chi connectivity index (χ3v) is 6.92. The molecule has 1 fully saturated rings. The van der Waals surface area contributed by atoms with Gasteiger partial charge in [-0.05, 0) is 56.2 Å². The summed E-state index contributed by atoms with van der Waals surface area (Å²) in [7, 11) is 0. The number of para-hydroxylation sites is 1. The van der Waals surface area contributed by atoms with Crippen molar-refractivity contribution >= 4 is 28.1 Å². The summed E-state index contributed by atoms with van der Waals surface area (Å²) in [6.45, 7) is 3.73. The number of carbonyl (C=O) groups excluding carboxylic acids is 1. The van der Waals surface area contributed by atoms with Crippen molar-refractivity contribution in [2.24, 2.45) is 0 Å². The Morgan fingerprint density at radius 1 is 1.15 bits per heavy atom. The second-order valence-electron chi connectivity index (χ2n) is 8.27. The van der Waals surface area contributed by atoms with Gasteiger partial charge in [-0.2, -0.15) is 5.10 Å². The molecule has 7 nitrogen and oxygen atoms in total. The van der Waals surface area contributed by atoms with Crippen molar-refractivity contribution in [2.45, 2.75) is 32.3 Å². The molecule has 0 saturated carbocycles. The van der Waals surface area contributed by atoms with Gasteiger partial charge in [0, 0.05) is 41.2 Å². The van der Waals surface area contributed by atoms with Crippen LogP contribution >= 0.6 is 11.3 Å². The van der Waals surface area contributed by atoms with Crippen LogP contribution in [0.4, 0.5) is 0 Å². The minimum atomic E-state index is -0.127. The summed E-state index contributed by atoms with van der Waals surface area (Å²) in [5.74, 6) is 0.977. The van der Waals surface area contributed by atoms with Crippen LogP contribution in [0.2, 0.25) is 0 Å². The average molecular weight is 461 g/mol. The molecule has 0 aliphatic carbocycles. The van der Waals surface area contributed by atoms with E-state index in [2.05, 4.69) is 21.2 Å². The maximum Gasteiger partial charge on any atom is 0.322 e. The molecular weight excluding hydrogens is 436 g/mol. The number of ether oxygens (including phenoxy) is 1. The number of pyridine rings is 1. The normalized spacial score (nSPS) is 14.5. The number of amides is 1. The number of nitrogens with one attached hydrogen (secondary N) is 1. The zero-order chi connectivity index (χ0) is 22.8. The van der Waals surface area contributed by atoms with Gasteiger partial charge < -0.3 is 9.64 Å². The average Bonchev–Trinajstić information content (AvgIpc) is 3.28. The third-order valence-electron chi connectivity index (χ3n) is 6.01. The van der Waals surface area contributed by atoms with Crippen molar-refractivity contribution in [2.75, 3.05) is 13.1 Å². The fraction of sp³-hybridized carbons (Fsp3) is 0.280. The second-order valence-corrected chi connectivity index (χ2v) is 9.26. The molecule has 2 aromatic heterocycles. The first-order valence-corrected chi connectivity index (χ1v) is 11.8. The quantitative estimate of drug-likeness (QED) is 0.480. The predicted octanol–water partition coefficient (Wildman–Crippen LogP) is 4.29. The van der Waals surface area contributed by atoms with E-state index < -0.39 is 0 Å². The van der Waals surface area contributed by atoms with E-state index in [1.165, 1.54) is 0 Å². The highest BCUT2D eigenvalue weighted by atomic mass is 32.1. The monoisotopic (exact) mass is 460 g/mol. The number of carbonyl (C=O) groups is 1. The molecule has 1 aliphatic heterocycles. The molecule has 33 heavy (non-hydrogen) atoms. The van der Waals surface area contributed by atoms with Crippen LogP contribution in [0.25, 0.3) is 10.9 Å². The van der Waals surface area contributed by atoms with E-state index in [1.807, 2.05) is 60.4 Å². The Hall–Kier alpha value is -3.52. The first kappa shape index (κ1) is 21.3. The molecule has 2 aromatic carbocycles. The van der Waals surface area contributed by atoms with E-state index in [0.717, 1.165) is 57.1 Å². The minimum Gasteiger partial charge on any atom is -0.489 e. The molecule has 1 amide bonds. The van der Waals surface area contributed by atoms with Gasteiger partial charge in [0.15, 0.2) is 0 Å². The molecule has 0 spiro atoms. The van der Waals surface area contributed by atoms with Crippen LogP contribution in [0.3, 0.4) is 0 Å². The van der Waals surface area contributed by atoms with Crippen LogP contribution in [0.5, 0.6) is 5.75 Å². The topological polar surface area (TPSA) is 88.2 Å². The number of H-pyrrole nitrogens is 1. The summed E-state index contributed by atoms with van der Waals surface area (Å²) >= 11 is 1.16. The van der Waals surface area contributed by atoms with Crippen molar-refractivity contribution in [1.82, 2.24) is 20.1 Å². The van der Waals surface area contributed by atoms with E-state index in [4.69, 9.17) is 4.74 Å². The standard InChI is InChI=1S/C25H24N4O3S/c1-16-14-19(21-4-2-3-5-22(21)26-16)15-32-20-8-6-18(7-9-20)24(30)29-12-10-17(11-13-29)23-27-28-25(31)33-23/h2-9,14,17H,10-13,15H2,1H3,(H,28,31). The Morgan fingerprint density at radius 3 is 2.64 bits per heavy atom. The van der Waals surface area contributed by atoms with Gasteiger partial charge in [0.2, 0.25) is 0 Å². The number of fused-ring (bicyclic) bond motifs is 1. The van der Waals surface area contributed by atoms with E-state index in [0.29, 0.717) is 25.3 Å². The fourth-order valence-corrected chi connectivity index (χ4v) is 5.07. The lowest BCUT2D eigenvalue weighted by Crippen LogP contribution is -2.37. The summed E-state index contributed by atoms with van der Waals surface area (Å²) in [6.07, 6.45) is 1.63. The molecule has 5 rings (SSSR count). The molecule has 1 aliphatic rings. The lowest BCUT2D eigenvalue weighted by molar-refractivity contribution is 0.0713. The van der Waals surface area contributed by atoms with Crippen molar-refractivity contribution in [3.63, 3.8) is 0 Å². The molecular formula is C25H24N4O3S. The van der Waals surface area contributed by atoms with E-state index in [-0.39, 0.29) is 16.7 Å². The third kappa shape index (κ3) is 4.66. The van der Waals surface area contributed by atoms with Crippen LogP contribution in [0, 0.1) is 6.92 Å². The highest BCUT2D eigenvalue weighted by Gasteiger charge is 2.26. The molecule has 0 bridgehead atoms. The van der Waals surface area contributed by atoms with Gasteiger partial charge in [-0.15, -0.1) is 0 Å². The molecule has 0 radical (unpaired) electrons. The highest BCUT2D eigenvalue weighted by Crippen LogP contribution is 2.28. The summed E-state index contributed by atoms with van der Waals surface area (Å²) in [5.41, 5.74) is 3.65. The molecule has 4 aromatic rings. The highest BCUT2D eigenvalue weighted by molar-refractivity contribution is 7.08. The number of aryl methyl sites for hydroxylation is 1. The Labute approximate surface area is 195 Å². The Kier molecular flexibility index (Phi) is 5.92. The lowest BCUT2D eigenvalue weighted by atomic mass is 9.97. The number of likely N-dealkylation sites (tertiary alicyclic amines) is 1. The minimum absolute atomic E-state index is 0.0194. The number of nitrogens with zero attached hydrogens (tertiary/aromatic N) is 3. The first-order chi connectivity index (χ1) is 16.1. The number of piperidine rings is 1. The first-order valence-electron chi connectivity index (χ1n) is 11.0. The number of hydrogen-bond donors (Lipinski definition) is 1. The largest absolute Gasteiger partial charge is 0.489 e. The summed E-state index contributed by atoms with van der Waals surface area (Å²) < 4.78 is 6.01. The molecule has 168 valence electrons. The Balaban J connectivity index is 1.20. The summed E-state index contributed by atoms with van der Waals surface area (Å²) in [6, 6.07) is 17.4. The molecule has 1 N–H and O–H groups in total. The summed E-state index contributed by atoms with van der Waals surface area (Å²) in [5, 5.41) is 8.50. The van der Waals surface area contributed by atoms with Gasteiger partial charge in [0.25, 0.3) is 5.91 Å². The zero-order valence-electron chi connectivity index (χ0n) is 18.3. The second kappa shape index (κ2) is 9.15. The van der Waals surface area contributed by atoms with E-state index >= 15 is 0 Å². The van der Waals surface area contributed by atoms with E-state index in [1.54, 1.807) is 0 Å². The number of aromatic nitrogens is 3. The van der Waals surface area contributed by atoms with Gasteiger partial charge >= 0.3 is 4.87 Å². The van der Waals surface area contributed by atoms with Crippen LogP contribution in [-0.4, -0.2) is 39.1 Å². The van der Waals surface area contributed by atoms with Crippen molar-refractivity contribution in [3.05, 3.63) is 86.1 Å². The van der Waals surface area contributed by atoms with Gasteiger partial charge in [0.1, 0.15) is 17.4 Å². The molecule has 3 heterocycles. The summed E-state index contributed by atoms with van der Waals surface area (Å²) in [4.78, 5) is 30.6. The molecule has 0 unspecified atom stereocenters. The Morgan fingerprint density at radius 2 is 1.91 bits per heavy atom. The van der Waals surface area contributed by atoms with Gasteiger partial charge in [-0.25, -0.2) is 5.10 Å². The SMILES string of the molecule is Cc1cc(COc2ccc(C(=O)N3CCC(c4n[nH]c(=O)s4)CC3)cc2)c2ccccc2n1. The zero-order valence-corrected chi connectivity index (χ0v) is 19.1. The molecule has 1 saturated heterocycles. The number of aromatic amines is 1. The van der Waals surface area contributed by atoms with Gasteiger partial charge in [-0.3, -0.25) is 14.6 Å². The van der Waals surface area contributed by atoms with Gasteiger partial charge in [0.05, 0.1) is 5.52 Å². The smallest absolute Gasteiger partial charge is 0.322 e. The number of benzene rings is 2. The van der Waals surface area contributed by atoms with Crippen molar-refractivity contribution in [3.8, 4) is 5.75 Å². The van der Waals surface area contributed by atoms with Crippen LogP contribution < -0.4 is 9.61 Å². The molecule has 8 heteroatoms. The predicted molar refractivity (Wildman–Crippen MR) is 128 cm³/mol. The van der Waals surface area contributed by atoms with Crippen LogP contribution in [0.1, 0.15) is 45.4 Å². The maximum atomic E-state index is 12.9.